The lowest BCUT2D eigenvalue weighted by atomic mass is 9.82. The van der Waals surface area contributed by atoms with Gasteiger partial charge in [0, 0.05) is 11.9 Å². The maximum absolute atomic E-state index is 9.13. The molecule has 4 heteroatoms. The highest BCUT2D eigenvalue weighted by Gasteiger charge is 2.26. The molecule has 1 aliphatic carbocycles. The van der Waals surface area contributed by atoms with Crippen molar-refractivity contribution in [1.29, 1.82) is 0 Å². The first-order valence-corrected chi connectivity index (χ1v) is 6.48. The molecule has 2 N–H and O–H groups in total. The van der Waals surface area contributed by atoms with Crippen molar-refractivity contribution in [3.05, 3.63) is 16.1 Å². The molecule has 84 valence electrons. The van der Waals surface area contributed by atoms with Gasteiger partial charge in [-0.05, 0) is 31.7 Å². The Hall–Kier alpha value is -0.450. The molecule has 1 fully saturated rings. The third-order valence-electron chi connectivity index (χ3n) is 2.85. The molecule has 2 rings (SSSR count). The second kappa shape index (κ2) is 5.05. The van der Waals surface area contributed by atoms with Crippen molar-refractivity contribution in [2.24, 2.45) is 5.92 Å². The summed E-state index contributed by atoms with van der Waals surface area (Å²) in [5.74, 6) is 0.671. The van der Waals surface area contributed by atoms with Crippen LogP contribution in [-0.2, 0) is 13.0 Å². The van der Waals surface area contributed by atoms with Gasteiger partial charge in [-0.15, -0.1) is 11.3 Å². The molecule has 0 bridgehead atoms. The predicted molar refractivity (Wildman–Crippen MR) is 61.9 cm³/mol. The molecule has 0 unspecified atom stereocenters. The van der Waals surface area contributed by atoms with Gasteiger partial charge in [0.25, 0.3) is 0 Å². The fourth-order valence-corrected chi connectivity index (χ4v) is 2.61. The number of hydrogen-bond donors (Lipinski definition) is 2. The summed E-state index contributed by atoms with van der Waals surface area (Å²) in [4.78, 5) is 4.49. The van der Waals surface area contributed by atoms with E-state index < -0.39 is 0 Å². The molecule has 3 nitrogen and oxygen atoms in total. The van der Waals surface area contributed by atoms with E-state index in [-0.39, 0.29) is 6.10 Å². The van der Waals surface area contributed by atoms with E-state index in [0.29, 0.717) is 5.92 Å². The Kier molecular flexibility index (Phi) is 3.72. The summed E-state index contributed by atoms with van der Waals surface area (Å²) in [5.41, 5.74) is 1.15. The monoisotopic (exact) mass is 226 g/mol. The molecule has 1 aliphatic rings. The lowest BCUT2D eigenvalue weighted by Crippen LogP contribution is -2.35. The molecule has 0 aromatic carbocycles. The van der Waals surface area contributed by atoms with Crippen LogP contribution in [0.5, 0.6) is 0 Å². The van der Waals surface area contributed by atoms with Crippen LogP contribution in [0.15, 0.2) is 5.38 Å². The lowest BCUT2D eigenvalue weighted by Gasteiger charge is -2.31. The maximum Gasteiger partial charge on any atom is 0.0926 e. The standard InChI is InChI=1S/C11H18N2OS/c1-2-11-13-9(7-15-11)6-12-5-8-3-10(14)4-8/h7-8,10,12,14H,2-6H2,1H3. The fourth-order valence-electron chi connectivity index (χ4n) is 1.86. The summed E-state index contributed by atoms with van der Waals surface area (Å²) >= 11 is 1.74. The number of aryl methyl sites for hydroxylation is 1. The first-order valence-electron chi connectivity index (χ1n) is 5.60. The van der Waals surface area contributed by atoms with E-state index in [1.165, 1.54) is 5.01 Å². The molecule has 0 aliphatic heterocycles. The van der Waals surface area contributed by atoms with E-state index in [1.807, 2.05) is 0 Å². The number of hydrogen-bond acceptors (Lipinski definition) is 4. The molecule has 0 saturated heterocycles. The summed E-state index contributed by atoms with van der Waals surface area (Å²) in [5, 5.41) is 15.9. The second-order valence-corrected chi connectivity index (χ2v) is 5.15. The Balaban J connectivity index is 1.65. The average molecular weight is 226 g/mol. The molecule has 1 aromatic heterocycles. The average Bonchev–Trinajstić information content (AvgIpc) is 2.63. The van der Waals surface area contributed by atoms with Crippen LogP contribution in [0, 0.1) is 5.92 Å². The summed E-state index contributed by atoms with van der Waals surface area (Å²) in [6, 6.07) is 0. The first-order chi connectivity index (χ1) is 7.28. The number of aliphatic hydroxyl groups is 1. The van der Waals surface area contributed by atoms with Crippen LogP contribution < -0.4 is 5.32 Å². The van der Waals surface area contributed by atoms with E-state index in [0.717, 1.165) is 38.0 Å². The summed E-state index contributed by atoms with van der Waals surface area (Å²) < 4.78 is 0. The highest BCUT2D eigenvalue weighted by atomic mass is 32.1. The van der Waals surface area contributed by atoms with Crippen molar-refractivity contribution in [2.75, 3.05) is 6.54 Å². The number of nitrogens with one attached hydrogen (secondary N) is 1. The number of nitrogens with zero attached hydrogens (tertiary/aromatic N) is 1. The van der Waals surface area contributed by atoms with Crippen molar-refractivity contribution in [2.45, 2.75) is 38.8 Å². The topological polar surface area (TPSA) is 45.2 Å². The molecule has 0 spiro atoms. The molecule has 1 saturated carbocycles. The molecule has 0 atom stereocenters. The summed E-state index contributed by atoms with van der Waals surface area (Å²) in [6.45, 7) is 4.00. The molecule has 0 amide bonds. The van der Waals surface area contributed by atoms with Gasteiger partial charge < -0.3 is 10.4 Å². The lowest BCUT2D eigenvalue weighted by molar-refractivity contribution is 0.0429. The number of aromatic nitrogens is 1. The number of rotatable bonds is 5. The smallest absolute Gasteiger partial charge is 0.0926 e. The van der Waals surface area contributed by atoms with Crippen LogP contribution >= 0.6 is 11.3 Å². The minimum absolute atomic E-state index is 0.0391. The van der Waals surface area contributed by atoms with Gasteiger partial charge in [0.05, 0.1) is 16.8 Å². The second-order valence-electron chi connectivity index (χ2n) is 4.21. The van der Waals surface area contributed by atoms with Gasteiger partial charge >= 0.3 is 0 Å². The normalized spacial score (nSPS) is 25.2. The van der Waals surface area contributed by atoms with Crippen LogP contribution in [0.3, 0.4) is 0 Å². The van der Waals surface area contributed by atoms with Gasteiger partial charge in [-0.2, -0.15) is 0 Å². The quantitative estimate of drug-likeness (QED) is 0.801. The Bertz CT molecular complexity index is 307. The predicted octanol–water partition coefficient (Wildman–Crippen LogP) is 1.57. The van der Waals surface area contributed by atoms with E-state index >= 15 is 0 Å². The van der Waals surface area contributed by atoms with Crippen molar-refractivity contribution in [3.8, 4) is 0 Å². The third kappa shape index (κ3) is 3.00. The number of thiazole rings is 1. The minimum Gasteiger partial charge on any atom is -0.393 e. The Morgan fingerprint density at radius 2 is 2.40 bits per heavy atom. The minimum atomic E-state index is -0.0391. The molecular weight excluding hydrogens is 208 g/mol. The van der Waals surface area contributed by atoms with Gasteiger partial charge in [0.15, 0.2) is 0 Å². The molecule has 15 heavy (non-hydrogen) atoms. The van der Waals surface area contributed by atoms with Crippen molar-refractivity contribution in [3.63, 3.8) is 0 Å². The van der Waals surface area contributed by atoms with Crippen LogP contribution in [0.4, 0.5) is 0 Å². The van der Waals surface area contributed by atoms with Crippen LogP contribution in [0.2, 0.25) is 0 Å². The van der Waals surface area contributed by atoms with E-state index in [9.17, 15) is 0 Å². The first kappa shape index (κ1) is 11.0. The van der Waals surface area contributed by atoms with E-state index in [4.69, 9.17) is 5.11 Å². The molecular formula is C11H18N2OS. The molecule has 1 heterocycles. The molecule has 0 radical (unpaired) electrons. The van der Waals surface area contributed by atoms with E-state index in [1.54, 1.807) is 11.3 Å². The zero-order chi connectivity index (χ0) is 10.7. The van der Waals surface area contributed by atoms with Gasteiger partial charge in [-0.1, -0.05) is 6.92 Å². The van der Waals surface area contributed by atoms with Crippen LogP contribution in [-0.4, -0.2) is 22.7 Å². The van der Waals surface area contributed by atoms with Gasteiger partial charge in [0.1, 0.15) is 0 Å². The van der Waals surface area contributed by atoms with Crippen LogP contribution in [0.25, 0.3) is 0 Å². The Morgan fingerprint density at radius 3 is 3.00 bits per heavy atom. The van der Waals surface area contributed by atoms with Crippen LogP contribution in [0.1, 0.15) is 30.5 Å². The summed E-state index contributed by atoms with van der Waals surface area (Å²) in [7, 11) is 0. The van der Waals surface area contributed by atoms with E-state index in [2.05, 4.69) is 22.6 Å². The van der Waals surface area contributed by atoms with Crippen molar-refractivity contribution >= 4 is 11.3 Å². The molecule has 1 aromatic rings. The van der Waals surface area contributed by atoms with Gasteiger partial charge in [-0.3, -0.25) is 0 Å². The fraction of sp³-hybridized carbons (Fsp3) is 0.727. The Labute approximate surface area is 94.5 Å². The SMILES string of the molecule is CCc1nc(CNCC2CC(O)C2)cs1. The Morgan fingerprint density at radius 1 is 1.60 bits per heavy atom. The van der Waals surface area contributed by atoms with Crippen molar-refractivity contribution < 1.29 is 5.11 Å². The van der Waals surface area contributed by atoms with Gasteiger partial charge in [0.2, 0.25) is 0 Å². The highest BCUT2D eigenvalue weighted by molar-refractivity contribution is 7.09. The largest absolute Gasteiger partial charge is 0.393 e. The van der Waals surface area contributed by atoms with Crippen molar-refractivity contribution in [1.82, 2.24) is 10.3 Å². The third-order valence-corrected chi connectivity index (χ3v) is 3.89. The zero-order valence-electron chi connectivity index (χ0n) is 9.07. The zero-order valence-corrected chi connectivity index (χ0v) is 9.89. The maximum atomic E-state index is 9.13. The van der Waals surface area contributed by atoms with Gasteiger partial charge in [-0.25, -0.2) is 4.98 Å². The number of aliphatic hydroxyl groups excluding tert-OH is 1. The summed E-state index contributed by atoms with van der Waals surface area (Å²) in [6.07, 6.45) is 2.91. The highest BCUT2D eigenvalue weighted by Crippen LogP contribution is 2.26.